The van der Waals surface area contributed by atoms with E-state index in [0.29, 0.717) is 0 Å². The second-order valence-corrected chi connectivity index (χ2v) is 8.12. The number of hydrogen-bond acceptors (Lipinski definition) is 3. The molecule has 0 aliphatic heterocycles. The second kappa shape index (κ2) is 5.45. The van der Waals surface area contributed by atoms with E-state index in [4.69, 9.17) is 4.98 Å². The summed E-state index contributed by atoms with van der Waals surface area (Å²) in [6.45, 7) is 7.88. The predicted octanol–water partition coefficient (Wildman–Crippen LogP) is 4.25. The molecule has 1 aliphatic rings. The molecule has 20 heavy (non-hydrogen) atoms. The minimum absolute atomic E-state index is 0.232. The predicted molar refractivity (Wildman–Crippen MR) is 87.3 cm³/mol. The van der Waals surface area contributed by atoms with Crippen LogP contribution in [-0.4, -0.2) is 17.1 Å². The summed E-state index contributed by atoms with van der Waals surface area (Å²) in [4.78, 5) is 4.78. The molecule has 0 radical (unpaired) electrons. The lowest BCUT2D eigenvalue weighted by atomic mass is 9.72. The lowest BCUT2D eigenvalue weighted by Crippen LogP contribution is -2.44. The molecule has 2 atom stereocenters. The van der Waals surface area contributed by atoms with E-state index in [1.807, 2.05) is 11.3 Å². The number of rotatable bonds is 4. The molecule has 1 saturated carbocycles. The highest BCUT2D eigenvalue weighted by Gasteiger charge is 2.32. The van der Waals surface area contributed by atoms with Gasteiger partial charge in [0.15, 0.2) is 0 Å². The number of nitrogens with zero attached hydrogens (tertiary/aromatic N) is 1. The number of benzene rings is 1. The number of aromatic nitrogens is 1. The highest BCUT2D eigenvalue weighted by molar-refractivity contribution is 7.18. The van der Waals surface area contributed by atoms with Gasteiger partial charge in [-0.2, -0.15) is 0 Å². The third kappa shape index (κ3) is 3.21. The molecule has 1 fully saturated rings. The summed E-state index contributed by atoms with van der Waals surface area (Å²) in [6.07, 6.45) is 3.90. The molecule has 2 nitrogen and oxygen atoms in total. The topological polar surface area (TPSA) is 24.9 Å². The van der Waals surface area contributed by atoms with Crippen molar-refractivity contribution >= 4 is 21.6 Å². The summed E-state index contributed by atoms with van der Waals surface area (Å²) in [7, 11) is 0. The van der Waals surface area contributed by atoms with Crippen molar-refractivity contribution in [3.8, 4) is 0 Å². The number of thiazole rings is 1. The van der Waals surface area contributed by atoms with Crippen LogP contribution in [0.3, 0.4) is 0 Å². The summed E-state index contributed by atoms with van der Waals surface area (Å²) in [5.74, 6) is 1.66. The van der Waals surface area contributed by atoms with Gasteiger partial charge in [0, 0.05) is 12.0 Å². The van der Waals surface area contributed by atoms with Crippen molar-refractivity contribution < 1.29 is 0 Å². The van der Waals surface area contributed by atoms with Crippen LogP contribution in [0.4, 0.5) is 0 Å². The smallest absolute Gasteiger partial charge is 0.0941 e. The molecule has 108 valence electrons. The molecule has 1 aliphatic carbocycles. The number of para-hydroxylation sites is 1. The summed E-state index contributed by atoms with van der Waals surface area (Å²) in [5, 5.41) is 4.97. The van der Waals surface area contributed by atoms with Gasteiger partial charge in [0.1, 0.15) is 0 Å². The van der Waals surface area contributed by atoms with Crippen LogP contribution in [-0.2, 0) is 6.42 Å². The Labute approximate surface area is 125 Å². The average molecular weight is 288 g/mol. The van der Waals surface area contributed by atoms with Crippen molar-refractivity contribution in [3.05, 3.63) is 29.3 Å². The Kier molecular flexibility index (Phi) is 3.83. The Morgan fingerprint density at radius 1 is 1.20 bits per heavy atom. The monoisotopic (exact) mass is 288 g/mol. The Morgan fingerprint density at radius 2 is 1.95 bits per heavy atom. The first kappa shape index (κ1) is 14.0. The summed E-state index contributed by atoms with van der Waals surface area (Å²) < 4.78 is 1.33. The number of fused-ring (bicyclic) bond motifs is 1. The molecular formula is C17H24N2S. The van der Waals surface area contributed by atoms with E-state index < -0.39 is 0 Å². The molecule has 1 heterocycles. The van der Waals surface area contributed by atoms with Gasteiger partial charge >= 0.3 is 0 Å². The van der Waals surface area contributed by atoms with Crippen molar-refractivity contribution in [2.75, 3.05) is 6.54 Å². The second-order valence-electron chi connectivity index (χ2n) is 7.01. The fraction of sp³-hybridized carbons (Fsp3) is 0.588. The molecule has 1 aromatic carbocycles. The summed E-state index contributed by atoms with van der Waals surface area (Å²) in [6, 6.07) is 8.47. The van der Waals surface area contributed by atoms with Crippen molar-refractivity contribution in [2.45, 2.75) is 45.6 Å². The van der Waals surface area contributed by atoms with Crippen LogP contribution in [0.5, 0.6) is 0 Å². The van der Waals surface area contributed by atoms with Gasteiger partial charge < -0.3 is 5.32 Å². The van der Waals surface area contributed by atoms with E-state index >= 15 is 0 Å². The molecule has 3 heteroatoms. The fourth-order valence-corrected chi connectivity index (χ4v) is 3.90. The fourth-order valence-electron chi connectivity index (χ4n) is 2.84. The van der Waals surface area contributed by atoms with Crippen molar-refractivity contribution in [2.24, 2.45) is 11.8 Å². The zero-order valence-corrected chi connectivity index (χ0v) is 13.5. The molecular weight excluding hydrogens is 264 g/mol. The Hall–Kier alpha value is -0.930. The first-order valence-corrected chi connectivity index (χ1v) is 8.42. The molecule has 2 unspecified atom stereocenters. The standard InChI is InChI=1S/C17H24N2S/c1-17(2,3)18-11-13-9-8-12(13)10-16-19-14-6-4-5-7-15(14)20-16/h4-7,12-13,18H,8-11H2,1-3H3. The van der Waals surface area contributed by atoms with Gasteiger partial charge in [-0.15, -0.1) is 11.3 Å². The number of hydrogen-bond donors (Lipinski definition) is 1. The minimum atomic E-state index is 0.232. The molecule has 3 rings (SSSR count). The first-order chi connectivity index (χ1) is 9.51. The van der Waals surface area contributed by atoms with Gasteiger partial charge in [0.2, 0.25) is 0 Å². The normalized spacial score (nSPS) is 22.9. The Balaban J connectivity index is 1.60. The first-order valence-electron chi connectivity index (χ1n) is 7.61. The van der Waals surface area contributed by atoms with Crippen molar-refractivity contribution in [1.82, 2.24) is 10.3 Å². The van der Waals surface area contributed by atoms with Gasteiger partial charge in [-0.05, 0) is 64.1 Å². The third-order valence-electron chi connectivity index (χ3n) is 4.24. The van der Waals surface area contributed by atoms with Gasteiger partial charge in [-0.25, -0.2) is 4.98 Å². The Morgan fingerprint density at radius 3 is 2.60 bits per heavy atom. The van der Waals surface area contributed by atoms with Crippen LogP contribution in [0.25, 0.3) is 10.2 Å². The van der Waals surface area contributed by atoms with Gasteiger partial charge in [0.25, 0.3) is 0 Å². The zero-order valence-electron chi connectivity index (χ0n) is 12.6. The third-order valence-corrected chi connectivity index (χ3v) is 5.30. The van der Waals surface area contributed by atoms with Crippen molar-refractivity contribution in [1.29, 1.82) is 0 Å². The maximum absolute atomic E-state index is 4.78. The highest BCUT2D eigenvalue weighted by Crippen LogP contribution is 2.38. The molecule has 0 bridgehead atoms. The van der Waals surface area contributed by atoms with Crippen LogP contribution >= 0.6 is 11.3 Å². The maximum Gasteiger partial charge on any atom is 0.0941 e. The molecule has 0 amide bonds. The van der Waals surface area contributed by atoms with E-state index in [2.05, 4.69) is 50.4 Å². The molecule has 2 aromatic rings. The molecule has 0 saturated heterocycles. The van der Waals surface area contributed by atoms with Crippen LogP contribution in [0.15, 0.2) is 24.3 Å². The van der Waals surface area contributed by atoms with E-state index in [0.717, 1.165) is 30.3 Å². The van der Waals surface area contributed by atoms with Crippen LogP contribution in [0.1, 0.15) is 38.6 Å². The van der Waals surface area contributed by atoms with E-state index in [-0.39, 0.29) is 5.54 Å². The minimum Gasteiger partial charge on any atom is -0.312 e. The van der Waals surface area contributed by atoms with E-state index in [1.165, 1.54) is 22.5 Å². The lowest BCUT2D eigenvalue weighted by molar-refractivity contribution is 0.159. The molecule has 0 spiro atoms. The number of nitrogens with one attached hydrogen (secondary N) is 1. The lowest BCUT2D eigenvalue weighted by Gasteiger charge is -2.38. The molecule has 1 N–H and O–H groups in total. The Bertz CT molecular complexity index is 549. The zero-order chi connectivity index (χ0) is 14.2. The highest BCUT2D eigenvalue weighted by atomic mass is 32.1. The van der Waals surface area contributed by atoms with Gasteiger partial charge in [-0.3, -0.25) is 0 Å². The quantitative estimate of drug-likeness (QED) is 0.909. The van der Waals surface area contributed by atoms with Crippen LogP contribution in [0, 0.1) is 11.8 Å². The van der Waals surface area contributed by atoms with Crippen molar-refractivity contribution in [3.63, 3.8) is 0 Å². The van der Waals surface area contributed by atoms with Gasteiger partial charge in [0.05, 0.1) is 15.2 Å². The van der Waals surface area contributed by atoms with E-state index in [1.54, 1.807) is 0 Å². The van der Waals surface area contributed by atoms with E-state index in [9.17, 15) is 0 Å². The average Bonchev–Trinajstić information content (AvgIpc) is 2.76. The largest absolute Gasteiger partial charge is 0.312 e. The summed E-state index contributed by atoms with van der Waals surface area (Å²) >= 11 is 1.87. The maximum atomic E-state index is 4.78. The van der Waals surface area contributed by atoms with Crippen LogP contribution < -0.4 is 5.32 Å². The van der Waals surface area contributed by atoms with Crippen LogP contribution in [0.2, 0.25) is 0 Å². The SMILES string of the molecule is CC(C)(C)NCC1CCC1Cc1nc2ccccc2s1. The molecule has 1 aromatic heterocycles. The summed E-state index contributed by atoms with van der Waals surface area (Å²) in [5.41, 5.74) is 1.40. The van der Waals surface area contributed by atoms with Gasteiger partial charge in [-0.1, -0.05) is 12.1 Å².